The minimum absolute atomic E-state index is 0.107. The van der Waals surface area contributed by atoms with Gasteiger partial charge in [-0.2, -0.15) is 4.31 Å². The third-order valence-corrected chi connectivity index (χ3v) is 7.14. The molecule has 0 aromatic carbocycles. The lowest BCUT2D eigenvalue weighted by Crippen LogP contribution is -2.44. The number of nitrogens with zero attached hydrogens (tertiary/aromatic N) is 1. The average molecular weight is 302 g/mol. The summed E-state index contributed by atoms with van der Waals surface area (Å²) in [5, 5.41) is 3.05. The van der Waals surface area contributed by atoms with Gasteiger partial charge in [-0.3, -0.25) is 0 Å². The van der Waals surface area contributed by atoms with Crippen LogP contribution < -0.4 is 5.32 Å². The first kappa shape index (κ1) is 15.0. The van der Waals surface area contributed by atoms with Gasteiger partial charge in [0.2, 0.25) is 0 Å². The van der Waals surface area contributed by atoms with E-state index >= 15 is 0 Å². The SMILES string of the molecule is CNCc1ccc(S(=O)(=O)N2CC(C)CCC2C)s1. The largest absolute Gasteiger partial charge is 0.315 e. The molecule has 0 radical (unpaired) electrons. The Bertz CT molecular complexity index is 525. The van der Waals surface area contributed by atoms with Crippen LogP contribution in [0.3, 0.4) is 0 Å². The zero-order chi connectivity index (χ0) is 14.0. The van der Waals surface area contributed by atoms with Crippen LogP contribution in [-0.4, -0.2) is 32.4 Å². The van der Waals surface area contributed by atoms with Crippen LogP contribution in [0.5, 0.6) is 0 Å². The molecule has 1 N–H and O–H groups in total. The van der Waals surface area contributed by atoms with Crippen molar-refractivity contribution in [2.75, 3.05) is 13.6 Å². The number of thiophene rings is 1. The lowest BCUT2D eigenvalue weighted by molar-refractivity contribution is 0.218. The zero-order valence-corrected chi connectivity index (χ0v) is 13.4. The highest BCUT2D eigenvalue weighted by Crippen LogP contribution is 2.31. The van der Waals surface area contributed by atoms with E-state index in [1.807, 2.05) is 20.0 Å². The molecule has 1 aromatic rings. The molecule has 2 unspecified atom stereocenters. The first-order valence-corrected chi connectivity index (χ1v) is 8.96. The van der Waals surface area contributed by atoms with Crippen molar-refractivity contribution in [3.63, 3.8) is 0 Å². The second-order valence-corrected chi connectivity index (χ2v) is 8.64. The lowest BCUT2D eigenvalue weighted by Gasteiger charge is -2.35. The highest BCUT2D eigenvalue weighted by Gasteiger charge is 2.34. The summed E-state index contributed by atoms with van der Waals surface area (Å²) in [6.45, 7) is 5.48. The van der Waals surface area contributed by atoms with Crippen LogP contribution >= 0.6 is 11.3 Å². The normalized spacial score (nSPS) is 25.6. The topological polar surface area (TPSA) is 49.4 Å². The zero-order valence-electron chi connectivity index (χ0n) is 11.7. The van der Waals surface area contributed by atoms with E-state index in [-0.39, 0.29) is 6.04 Å². The van der Waals surface area contributed by atoms with Crippen LogP contribution in [0.1, 0.15) is 31.6 Å². The number of nitrogens with one attached hydrogen (secondary N) is 1. The molecule has 1 aliphatic heterocycles. The van der Waals surface area contributed by atoms with Gasteiger partial charge in [0.15, 0.2) is 0 Å². The molecule has 1 aliphatic rings. The Hall–Kier alpha value is -0.430. The minimum atomic E-state index is -3.32. The third-order valence-electron chi connectivity index (χ3n) is 3.61. The maximum atomic E-state index is 12.7. The summed E-state index contributed by atoms with van der Waals surface area (Å²) in [6.07, 6.45) is 2.07. The fourth-order valence-electron chi connectivity index (χ4n) is 2.46. The molecule has 0 bridgehead atoms. The molecule has 1 aromatic heterocycles. The second kappa shape index (κ2) is 5.91. The van der Waals surface area contributed by atoms with Crippen molar-refractivity contribution in [1.29, 1.82) is 0 Å². The van der Waals surface area contributed by atoms with Gasteiger partial charge in [0.1, 0.15) is 4.21 Å². The molecular formula is C13H22N2O2S2. The van der Waals surface area contributed by atoms with E-state index in [2.05, 4.69) is 12.2 Å². The van der Waals surface area contributed by atoms with Crippen LogP contribution in [0.15, 0.2) is 16.3 Å². The molecular weight excluding hydrogens is 280 g/mol. The molecule has 108 valence electrons. The summed E-state index contributed by atoms with van der Waals surface area (Å²) in [5.41, 5.74) is 0. The standard InChI is InChI=1S/C13H22N2O2S2/c1-10-4-5-11(2)15(9-10)19(16,17)13-7-6-12(18-13)8-14-3/h6-7,10-11,14H,4-5,8-9H2,1-3H3. The van der Waals surface area contributed by atoms with E-state index in [0.717, 1.165) is 17.7 Å². The molecule has 0 spiro atoms. The van der Waals surface area contributed by atoms with Crippen molar-refractivity contribution in [1.82, 2.24) is 9.62 Å². The molecule has 1 fully saturated rings. The second-order valence-electron chi connectivity index (χ2n) is 5.36. The molecule has 0 saturated carbocycles. The van der Waals surface area contributed by atoms with Crippen molar-refractivity contribution in [3.05, 3.63) is 17.0 Å². The van der Waals surface area contributed by atoms with E-state index in [4.69, 9.17) is 0 Å². The summed E-state index contributed by atoms with van der Waals surface area (Å²) in [7, 11) is -1.45. The quantitative estimate of drug-likeness (QED) is 0.928. The summed E-state index contributed by atoms with van der Waals surface area (Å²) in [5.74, 6) is 0.447. The molecule has 19 heavy (non-hydrogen) atoms. The van der Waals surface area contributed by atoms with E-state index in [0.29, 0.717) is 23.2 Å². The molecule has 0 aliphatic carbocycles. The first-order chi connectivity index (χ1) is 8.95. The van der Waals surface area contributed by atoms with Crippen LogP contribution in [0.25, 0.3) is 0 Å². The van der Waals surface area contributed by atoms with E-state index in [1.165, 1.54) is 11.3 Å². The first-order valence-electron chi connectivity index (χ1n) is 6.70. The summed E-state index contributed by atoms with van der Waals surface area (Å²) in [4.78, 5) is 1.05. The molecule has 2 rings (SSSR count). The van der Waals surface area contributed by atoms with E-state index in [1.54, 1.807) is 10.4 Å². The predicted octanol–water partition coefficient (Wildman–Crippen LogP) is 2.28. The Labute approximate surface area is 119 Å². The van der Waals surface area contributed by atoms with Crippen LogP contribution in [0.4, 0.5) is 0 Å². The summed E-state index contributed by atoms with van der Waals surface area (Å²) in [6, 6.07) is 3.74. The van der Waals surface area contributed by atoms with Crippen molar-refractivity contribution in [2.24, 2.45) is 5.92 Å². The molecule has 2 atom stereocenters. The fraction of sp³-hybridized carbons (Fsp3) is 0.692. The Morgan fingerprint density at radius 3 is 2.79 bits per heavy atom. The Morgan fingerprint density at radius 2 is 2.11 bits per heavy atom. The number of hydrogen-bond donors (Lipinski definition) is 1. The maximum absolute atomic E-state index is 12.7. The van der Waals surface area contributed by atoms with Gasteiger partial charge in [-0.15, -0.1) is 11.3 Å². The van der Waals surface area contributed by atoms with Crippen molar-refractivity contribution < 1.29 is 8.42 Å². The predicted molar refractivity (Wildman–Crippen MR) is 78.8 cm³/mol. The van der Waals surface area contributed by atoms with Crippen LogP contribution in [0.2, 0.25) is 0 Å². The third kappa shape index (κ3) is 3.18. The smallest absolute Gasteiger partial charge is 0.252 e. The molecule has 1 saturated heterocycles. The monoisotopic (exact) mass is 302 g/mol. The molecule has 0 amide bonds. The van der Waals surface area contributed by atoms with Gasteiger partial charge in [-0.25, -0.2) is 8.42 Å². The van der Waals surface area contributed by atoms with Gasteiger partial charge in [0.05, 0.1) is 0 Å². The van der Waals surface area contributed by atoms with Gasteiger partial charge in [-0.1, -0.05) is 6.92 Å². The van der Waals surface area contributed by atoms with Gasteiger partial charge in [0.25, 0.3) is 10.0 Å². The number of piperidine rings is 1. The number of sulfonamides is 1. The minimum Gasteiger partial charge on any atom is -0.315 e. The maximum Gasteiger partial charge on any atom is 0.252 e. The molecule has 6 heteroatoms. The van der Waals surface area contributed by atoms with Crippen molar-refractivity contribution in [3.8, 4) is 0 Å². The Kier molecular flexibility index (Phi) is 4.66. The van der Waals surface area contributed by atoms with Gasteiger partial charge in [0, 0.05) is 24.0 Å². The van der Waals surface area contributed by atoms with Gasteiger partial charge < -0.3 is 5.32 Å². The summed E-state index contributed by atoms with van der Waals surface area (Å²) >= 11 is 1.37. The highest BCUT2D eigenvalue weighted by molar-refractivity contribution is 7.91. The van der Waals surface area contributed by atoms with Crippen molar-refractivity contribution >= 4 is 21.4 Å². The molecule has 2 heterocycles. The van der Waals surface area contributed by atoms with Crippen molar-refractivity contribution in [2.45, 2.75) is 43.5 Å². The Balaban J connectivity index is 2.24. The van der Waals surface area contributed by atoms with Crippen LogP contribution in [0, 0.1) is 5.92 Å². The van der Waals surface area contributed by atoms with Gasteiger partial charge in [-0.05, 0) is 44.9 Å². The van der Waals surface area contributed by atoms with Crippen LogP contribution in [-0.2, 0) is 16.6 Å². The number of rotatable bonds is 4. The van der Waals surface area contributed by atoms with E-state index < -0.39 is 10.0 Å². The van der Waals surface area contributed by atoms with Gasteiger partial charge >= 0.3 is 0 Å². The lowest BCUT2D eigenvalue weighted by atomic mass is 9.97. The van der Waals surface area contributed by atoms with E-state index in [9.17, 15) is 8.42 Å². The fourth-order valence-corrected chi connectivity index (χ4v) is 5.74. The highest BCUT2D eigenvalue weighted by atomic mass is 32.2. The average Bonchev–Trinajstić information content (AvgIpc) is 2.82. The number of hydrogen-bond acceptors (Lipinski definition) is 4. The summed E-state index contributed by atoms with van der Waals surface area (Å²) < 4.78 is 27.5. The Morgan fingerprint density at radius 1 is 1.37 bits per heavy atom. The molecule has 4 nitrogen and oxygen atoms in total.